The van der Waals surface area contributed by atoms with E-state index in [1.165, 1.54) is 49.4 Å². The van der Waals surface area contributed by atoms with Crippen LogP contribution in [0.5, 0.6) is 0 Å². The molecule has 2 aromatic rings. The molecule has 0 aliphatic carbocycles. The van der Waals surface area contributed by atoms with Crippen LogP contribution in [0.4, 0.5) is 0 Å². The Morgan fingerprint density at radius 2 is 1.42 bits per heavy atom. The van der Waals surface area contributed by atoms with Crippen LogP contribution in [0.25, 0.3) is 0 Å². The lowest BCUT2D eigenvalue weighted by atomic mass is 9.89. The highest BCUT2D eigenvalue weighted by atomic mass is 32.2. The Balaban J connectivity index is 1.99. The third-order valence-electron chi connectivity index (χ3n) is 3.91. The molecular formula is C18H14O5S. The molecule has 0 spiro atoms. The molecule has 0 radical (unpaired) electrons. The molecule has 24 heavy (non-hydrogen) atoms. The molecule has 0 fully saturated rings. The minimum atomic E-state index is -3.64. The van der Waals surface area contributed by atoms with Crippen LogP contribution < -0.4 is 0 Å². The molecule has 3 rings (SSSR count). The molecule has 5 nitrogen and oxygen atoms in total. The first-order valence-corrected chi connectivity index (χ1v) is 8.68. The summed E-state index contributed by atoms with van der Waals surface area (Å²) in [4.78, 5) is 23.8. The quantitative estimate of drug-likeness (QED) is 0.801. The van der Waals surface area contributed by atoms with E-state index in [1.54, 1.807) is 18.2 Å². The monoisotopic (exact) mass is 342 g/mol. The summed E-state index contributed by atoms with van der Waals surface area (Å²) in [7, 11) is -3.64. The van der Waals surface area contributed by atoms with E-state index in [4.69, 9.17) is 4.74 Å². The van der Waals surface area contributed by atoms with Crippen LogP contribution in [-0.4, -0.2) is 20.2 Å². The van der Waals surface area contributed by atoms with Gasteiger partial charge in [0.1, 0.15) is 0 Å². The summed E-state index contributed by atoms with van der Waals surface area (Å²) in [6, 6.07) is 13.8. The molecule has 0 saturated carbocycles. The van der Waals surface area contributed by atoms with Gasteiger partial charge in [0.15, 0.2) is 5.60 Å². The number of benzene rings is 2. The Bertz CT molecular complexity index is 927. The van der Waals surface area contributed by atoms with Crippen LogP contribution in [0, 0.1) is 0 Å². The van der Waals surface area contributed by atoms with Crippen molar-refractivity contribution in [3.8, 4) is 0 Å². The fourth-order valence-corrected chi connectivity index (χ4v) is 3.76. The van der Waals surface area contributed by atoms with Gasteiger partial charge in [-0.1, -0.05) is 30.3 Å². The molecule has 1 aliphatic rings. The molecule has 6 heteroatoms. The second kappa shape index (κ2) is 5.72. The van der Waals surface area contributed by atoms with E-state index in [9.17, 15) is 18.0 Å². The molecule has 122 valence electrons. The number of esters is 1. The van der Waals surface area contributed by atoms with Gasteiger partial charge in [0.2, 0.25) is 15.6 Å². The van der Waals surface area contributed by atoms with Gasteiger partial charge in [-0.25, -0.2) is 13.2 Å². The fourth-order valence-electron chi connectivity index (χ4n) is 2.48. The van der Waals surface area contributed by atoms with Gasteiger partial charge in [-0.2, -0.15) is 0 Å². The van der Waals surface area contributed by atoms with Crippen LogP contribution in [0.3, 0.4) is 0 Å². The van der Waals surface area contributed by atoms with Crippen molar-refractivity contribution in [2.45, 2.75) is 22.3 Å². The van der Waals surface area contributed by atoms with Crippen molar-refractivity contribution < 1.29 is 22.7 Å². The first-order chi connectivity index (χ1) is 11.3. The van der Waals surface area contributed by atoms with Gasteiger partial charge in [-0.3, -0.25) is 4.79 Å². The standard InChI is InChI=1S/C18H14O5S/c1-18(16(19)11-12-17(20)23-18)13-7-9-15(10-8-13)24(21,22)14-5-3-2-4-6-14/h2-12H,1H3/t18-/m1/s1. The average Bonchev–Trinajstić information content (AvgIpc) is 2.59. The van der Waals surface area contributed by atoms with Crippen molar-refractivity contribution in [3.05, 3.63) is 72.3 Å². The van der Waals surface area contributed by atoms with Gasteiger partial charge in [0.25, 0.3) is 0 Å². The molecule has 0 saturated heterocycles. The highest BCUT2D eigenvalue weighted by molar-refractivity contribution is 7.91. The molecule has 0 aromatic heterocycles. The Morgan fingerprint density at radius 1 is 0.833 bits per heavy atom. The summed E-state index contributed by atoms with van der Waals surface area (Å²) in [5.74, 6) is -0.987. The van der Waals surface area contributed by atoms with Crippen molar-refractivity contribution in [2.24, 2.45) is 0 Å². The smallest absolute Gasteiger partial charge is 0.332 e. The van der Waals surface area contributed by atoms with E-state index in [1.807, 2.05) is 0 Å². The first-order valence-electron chi connectivity index (χ1n) is 7.20. The number of ketones is 1. The number of hydrogen-bond acceptors (Lipinski definition) is 5. The Kier molecular flexibility index (Phi) is 3.85. The fraction of sp³-hybridized carbons (Fsp3) is 0.111. The number of rotatable bonds is 3. The molecule has 1 atom stereocenters. The number of sulfone groups is 1. The van der Waals surface area contributed by atoms with Gasteiger partial charge < -0.3 is 4.74 Å². The lowest BCUT2D eigenvalue weighted by molar-refractivity contribution is -0.162. The third-order valence-corrected chi connectivity index (χ3v) is 5.70. The van der Waals surface area contributed by atoms with Crippen LogP contribution in [0.2, 0.25) is 0 Å². The maximum absolute atomic E-state index is 12.6. The number of carbonyl (C=O) groups excluding carboxylic acids is 2. The predicted molar refractivity (Wildman–Crippen MR) is 85.9 cm³/mol. The van der Waals surface area contributed by atoms with E-state index in [0.29, 0.717) is 5.56 Å². The highest BCUT2D eigenvalue weighted by Gasteiger charge is 2.40. The van der Waals surface area contributed by atoms with E-state index in [0.717, 1.165) is 6.08 Å². The zero-order valence-corrected chi connectivity index (χ0v) is 13.6. The summed E-state index contributed by atoms with van der Waals surface area (Å²) >= 11 is 0. The first kappa shape index (κ1) is 16.1. The molecule has 0 amide bonds. The van der Waals surface area contributed by atoms with Gasteiger partial charge >= 0.3 is 5.97 Å². The lowest BCUT2D eigenvalue weighted by Gasteiger charge is -2.29. The summed E-state index contributed by atoms with van der Waals surface area (Å²) in [6.07, 6.45) is 2.23. The molecular weight excluding hydrogens is 328 g/mol. The normalized spacial score (nSPS) is 20.7. The largest absolute Gasteiger partial charge is 0.443 e. The predicted octanol–water partition coefficient (Wildman–Crippen LogP) is 2.42. The topological polar surface area (TPSA) is 77.5 Å². The van der Waals surface area contributed by atoms with Crippen LogP contribution in [0.1, 0.15) is 12.5 Å². The van der Waals surface area contributed by atoms with E-state index < -0.39 is 21.4 Å². The van der Waals surface area contributed by atoms with Crippen molar-refractivity contribution >= 4 is 21.6 Å². The van der Waals surface area contributed by atoms with Crippen molar-refractivity contribution in [3.63, 3.8) is 0 Å². The SMILES string of the molecule is C[C@]1(c2ccc(S(=O)(=O)c3ccccc3)cc2)OC(=O)C=CC1=O. The number of cyclic esters (lactones) is 1. The third kappa shape index (κ3) is 2.65. The van der Waals surface area contributed by atoms with Gasteiger partial charge in [-0.15, -0.1) is 0 Å². The van der Waals surface area contributed by atoms with Gasteiger partial charge in [-0.05, 0) is 37.3 Å². The number of carbonyl (C=O) groups is 2. The molecule has 2 aromatic carbocycles. The summed E-state index contributed by atoms with van der Waals surface area (Å²) in [5, 5.41) is 0. The van der Waals surface area contributed by atoms with Crippen molar-refractivity contribution in [1.29, 1.82) is 0 Å². The minimum Gasteiger partial charge on any atom is -0.443 e. The molecule has 0 N–H and O–H groups in total. The zero-order valence-electron chi connectivity index (χ0n) is 12.8. The number of hydrogen-bond donors (Lipinski definition) is 0. The second-order valence-electron chi connectivity index (χ2n) is 5.49. The van der Waals surface area contributed by atoms with E-state index in [-0.39, 0.29) is 15.6 Å². The van der Waals surface area contributed by atoms with E-state index >= 15 is 0 Å². The van der Waals surface area contributed by atoms with Gasteiger partial charge in [0, 0.05) is 11.6 Å². The average molecular weight is 342 g/mol. The van der Waals surface area contributed by atoms with Crippen LogP contribution in [0.15, 0.2) is 76.5 Å². The Labute approximate surface area is 139 Å². The maximum atomic E-state index is 12.6. The second-order valence-corrected chi connectivity index (χ2v) is 7.44. The lowest BCUT2D eigenvalue weighted by Crippen LogP contribution is -2.39. The van der Waals surface area contributed by atoms with Crippen molar-refractivity contribution in [2.75, 3.05) is 0 Å². The highest BCUT2D eigenvalue weighted by Crippen LogP contribution is 2.31. The zero-order chi connectivity index (χ0) is 17.4. The molecule has 1 aliphatic heterocycles. The molecule has 1 heterocycles. The molecule has 0 bridgehead atoms. The molecule has 0 unspecified atom stereocenters. The minimum absolute atomic E-state index is 0.103. The Morgan fingerprint density at radius 3 is 2.04 bits per heavy atom. The summed E-state index contributed by atoms with van der Waals surface area (Å²) < 4.78 is 30.3. The van der Waals surface area contributed by atoms with Crippen molar-refractivity contribution in [1.82, 2.24) is 0 Å². The Hall–Kier alpha value is -2.73. The van der Waals surface area contributed by atoms with Crippen LogP contribution >= 0.6 is 0 Å². The van der Waals surface area contributed by atoms with E-state index in [2.05, 4.69) is 0 Å². The summed E-state index contributed by atoms with van der Waals surface area (Å²) in [6.45, 7) is 1.48. The summed E-state index contributed by atoms with van der Waals surface area (Å²) in [5.41, 5.74) is -1.03. The van der Waals surface area contributed by atoms with Gasteiger partial charge in [0.05, 0.1) is 9.79 Å². The number of ether oxygens (including phenoxy) is 1. The van der Waals surface area contributed by atoms with Crippen LogP contribution in [-0.2, 0) is 29.8 Å². The maximum Gasteiger partial charge on any atom is 0.332 e.